The van der Waals surface area contributed by atoms with Gasteiger partial charge in [-0.15, -0.1) is 11.3 Å². The maximum absolute atomic E-state index is 12.9. The molecule has 4 rings (SSSR count). The molecule has 4 heterocycles. The number of likely N-dealkylation sites (tertiary alicyclic amines) is 1. The van der Waals surface area contributed by atoms with Crippen LogP contribution >= 0.6 is 11.3 Å². The molecule has 1 atom stereocenters. The SMILES string of the molecule is CC(C)c1noc(C2CCN(C(=O)C3CC(=O)N(c4nccs4)C3)CC2)n1. The zero-order valence-electron chi connectivity index (χ0n) is 15.5. The molecule has 9 heteroatoms. The van der Waals surface area contributed by atoms with E-state index in [9.17, 15) is 9.59 Å². The maximum atomic E-state index is 12.9. The third-order valence-electron chi connectivity index (χ3n) is 5.25. The van der Waals surface area contributed by atoms with E-state index >= 15 is 0 Å². The quantitative estimate of drug-likeness (QED) is 0.797. The summed E-state index contributed by atoms with van der Waals surface area (Å²) in [5.41, 5.74) is 0. The number of hydrogen-bond donors (Lipinski definition) is 0. The summed E-state index contributed by atoms with van der Waals surface area (Å²) in [4.78, 5) is 37.3. The molecular formula is C18H23N5O3S. The summed E-state index contributed by atoms with van der Waals surface area (Å²) in [7, 11) is 0. The number of hydrogen-bond acceptors (Lipinski definition) is 7. The molecule has 1 unspecified atom stereocenters. The molecule has 2 amide bonds. The van der Waals surface area contributed by atoms with E-state index in [0.29, 0.717) is 30.7 Å². The van der Waals surface area contributed by atoms with Crippen molar-refractivity contribution in [1.29, 1.82) is 0 Å². The van der Waals surface area contributed by atoms with Crippen molar-refractivity contribution in [2.75, 3.05) is 24.5 Å². The predicted molar refractivity (Wildman–Crippen MR) is 99.5 cm³/mol. The van der Waals surface area contributed by atoms with E-state index in [4.69, 9.17) is 4.52 Å². The lowest BCUT2D eigenvalue weighted by Crippen LogP contribution is -2.42. The molecule has 0 bridgehead atoms. The number of amides is 2. The zero-order valence-corrected chi connectivity index (χ0v) is 16.3. The number of nitrogens with zero attached hydrogens (tertiary/aromatic N) is 5. The van der Waals surface area contributed by atoms with Gasteiger partial charge < -0.3 is 9.42 Å². The van der Waals surface area contributed by atoms with Crippen LogP contribution in [0.4, 0.5) is 5.13 Å². The largest absolute Gasteiger partial charge is 0.342 e. The van der Waals surface area contributed by atoms with Crippen LogP contribution in [0.1, 0.15) is 56.7 Å². The van der Waals surface area contributed by atoms with Gasteiger partial charge in [0.05, 0.1) is 5.92 Å². The van der Waals surface area contributed by atoms with Crippen LogP contribution in [0.2, 0.25) is 0 Å². The van der Waals surface area contributed by atoms with Crippen LogP contribution in [0, 0.1) is 5.92 Å². The molecule has 0 saturated carbocycles. The number of anilines is 1. The molecule has 2 aliphatic rings. The van der Waals surface area contributed by atoms with E-state index in [1.165, 1.54) is 11.3 Å². The van der Waals surface area contributed by atoms with Crippen LogP contribution in [-0.4, -0.2) is 51.5 Å². The van der Waals surface area contributed by atoms with Crippen molar-refractivity contribution in [3.8, 4) is 0 Å². The Kier molecular flexibility index (Phi) is 4.94. The summed E-state index contributed by atoms with van der Waals surface area (Å²) < 4.78 is 5.41. The minimum atomic E-state index is -0.283. The first-order valence-electron chi connectivity index (χ1n) is 9.35. The van der Waals surface area contributed by atoms with Gasteiger partial charge in [0, 0.05) is 49.5 Å². The molecule has 2 aromatic rings. The second-order valence-corrected chi connectivity index (χ2v) is 8.34. The van der Waals surface area contributed by atoms with Crippen molar-refractivity contribution in [3.05, 3.63) is 23.3 Å². The van der Waals surface area contributed by atoms with Gasteiger partial charge >= 0.3 is 0 Å². The average molecular weight is 389 g/mol. The molecular weight excluding hydrogens is 366 g/mol. The normalized spacial score (nSPS) is 21.4. The number of carbonyl (C=O) groups is 2. The van der Waals surface area contributed by atoms with Crippen molar-refractivity contribution >= 4 is 28.3 Å². The lowest BCUT2D eigenvalue weighted by Gasteiger charge is -2.32. The summed E-state index contributed by atoms with van der Waals surface area (Å²) in [5.74, 6) is 1.61. The standard InChI is InChI=1S/C18H23N5O3S/c1-11(2)15-20-16(26-21-15)12-3-6-22(7-4-12)17(25)13-9-14(24)23(10-13)18-19-5-8-27-18/h5,8,11-13H,3-4,6-7,9-10H2,1-2H3. The fourth-order valence-electron chi connectivity index (χ4n) is 3.66. The Morgan fingerprint density at radius 1 is 1.33 bits per heavy atom. The smallest absolute Gasteiger partial charge is 0.229 e. The van der Waals surface area contributed by atoms with Gasteiger partial charge in [-0.05, 0) is 12.8 Å². The molecule has 144 valence electrons. The van der Waals surface area contributed by atoms with Gasteiger partial charge in [-0.2, -0.15) is 4.98 Å². The van der Waals surface area contributed by atoms with E-state index < -0.39 is 0 Å². The fourth-order valence-corrected chi connectivity index (χ4v) is 4.33. The lowest BCUT2D eigenvalue weighted by molar-refractivity contribution is -0.136. The van der Waals surface area contributed by atoms with E-state index in [1.54, 1.807) is 11.1 Å². The Morgan fingerprint density at radius 3 is 2.74 bits per heavy atom. The molecule has 2 saturated heterocycles. The van der Waals surface area contributed by atoms with Gasteiger partial charge in [0.2, 0.25) is 17.7 Å². The molecule has 0 spiro atoms. The van der Waals surface area contributed by atoms with Crippen LogP contribution in [0.3, 0.4) is 0 Å². The Morgan fingerprint density at radius 2 is 2.11 bits per heavy atom. The van der Waals surface area contributed by atoms with E-state index in [1.807, 2.05) is 24.1 Å². The highest BCUT2D eigenvalue weighted by molar-refractivity contribution is 7.13. The zero-order chi connectivity index (χ0) is 19.0. The van der Waals surface area contributed by atoms with Gasteiger partial charge in [0.15, 0.2) is 11.0 Å². The van der Waals surface area contributed by atoms with E-state index in [0.717, 1.165) is 18.7 Å². The molecule has 0 N–H and O–H groups in total. The van der Waals surface area contributed by atoms with Gasteiger partial charge in [-0.25, -0.2) is 4.98 Å². The molecule has 2 aromatic heterocycles. The molecule has 0 radical (unpaired) electrons. The van der Waals surface area contributed by atoms with Crippen LogP contribution in [0.15, 0.2) is 16.1 Å². The van der Waals surface area contributed by atoms with Gasteiger partial charge in [0.1, 0.15) is 0 Å². The van der Waals surface area contributed by atoms with Crippen LogP contribution in [0.5, 0.6) is 0 Å². The maximum Gasteiger partial charge on any atom is 0.229 e. The summed E-state index contributed by atoms with van der Waals surface area (Å²) >= 11 is 1.42. The molecule has 0 aliphatic carbocycles. The fraction of sp³-hybridized carbons (Fsp3) is 0.611. The first-order valence-corrected chi connectivity index (χ1v) is 10.2. The second-order valence-electron chi connectivity index (χ2n) is 7.47. The number of thiazole rings is 1. The Balaban J connectivity index is 1.34. The van der Waals surface area contributed by atoms with Crippen molar-refractivity contribution in [2.45, 2.75) is 44.9 Å². The summed E-state index contributed by atoms with van der Waals surface area (Å²) in [6.07, 6.45) is 3.56. The predicted octanol–water partition coefficient (Wildman–Crippen LogP) is 2.41. The summed E-state index contributed by atoms with van der Waals surface area (Å²) in [6, 6.07) is 0. The number of aromatic nitrogens is 3. The number of piperidine rings is 1. The third-order valence-corrected chi connectivity index (χ3v) is 6.05. The summed E-state index contributed by atoms with van der Waals surface area (Å²) in [5, 5.41) is 6.55. The summed E-state index contributed by atoms with van der Waals surface area (Å²) in [6.45, 7) is 5.81. The minimum absolute atomic E-state index is 0.0229. The molecule has 2 fully saturated rings. The monoisotopic (exact) mass is 389 g/mol. The number of carbonyl (C=O) groups excluding carboxylic acids is 2. The second kappa shape index (κ2) is 7.38. The lowest BCUT2D eigenvalue weighted by atomic mass is 9.95. The number of rotatable bonds is 4. The Hall–Kier alpha value is -2.29. The Bertz CT molecular complexity index is 811. The molecule has 0 aromatic carbocycles. The molecule has 2 aliphatic heterocycles. The highest BCUT2D eigenvalue weighted by Gasteiger charge is 2.39. The van der Waals surface area contributed by atoms with Crippen LogP contribution in [0.25, 0.3) is 0 Å². The van der Waals surface area contributed by atoms with E-state index in [-0.39, 0.29) is 36.0 Å². The first-order chi connectivity index (χ1) is 13.0. The average Bonchev–Trinajstić information content (AvgIpc) is 3.41. The molecule has 8 nitrogen and oxygen atoms in total. The van der Waals surface area contributed by atoms with Crippen molar-refractivity contribution in [1.82, 2.24) is 20.0 Å². The highest BCUT2D eigenvalue weighted by atomic mass is 32.1. The third kappa shape index (κ3) is 3.60. The Labute approximate surface area is 161 Å². The van der Waals surface area contributed by atoms with Crippen LogP contribution < -0.4 is 4.90 Å². The van der Waals surface area contributed by atoms with Gasteiger partial charge in [-0.1, -0.05) is 19.0 Å². The van der Waals surface area contributed by atoms with Crippen molar-refractivity contribution in [2.24, 2.45) is 5.92 Å². The topological polar surface area (TPSA) is 92.4 Å². The van der Waals surface area contributed by atoms with Crippen molar-refractivity contribution < 1.29 is 14.1 Å². The van der Waals surface area contributed by atoms with Crippen LogP contribution in [-0.2, 0) is 9.59 Å². The van der Waals surface area contributed by atoms with Crippen molar-refractivity contribution in [3.63, 3.8) is 0 Å². The van der Waals surface area contributed by atoms with Gasteiger partial charge in [-0.3, -0.25) is 14.5 Å². The highest BCUT2D eigenvalue weighted by Crippen LogP contribution is 2.31. The van der Waals surface area contributed by atoms with E-state index in [2.05, 4.69) is 15.1 Å². The minimum Gasteiger partial charge on any atom is -0.342 e. The molecule has 27 heavy (non-hydrogen) atoms. The first kappa shape index (κ1) is 18.1. The van der Waals surface area contributed by atoms with Gasteiger partial charge in [0.25, 0.3) is 0 Å².